The van der Waals surface area contributed by atoms with Crippen molar-refractivity contribution in [2.75, 3.05) is 19.6 Å². The molecule has 1 aliphatic rings. The van der Waals surface area contributed by atoms with E-state index >= 15 is 0 Å². The van der Waals surface area contributed by atoms with Crippen LogP contribution >= 0.6 is 0 Å². The maximum absolute atomic E-state index is 12.2. The third-order valence-electron chi connectivity index (χ3n) is 3.35. The standard InChI is InChI=1S/C16H28N2O5/c1-12(14(20)18-9-7-5-6-8-10-18)22-13(19)11-17-15(21)23-16(2,3)4/h12H,5-11H2,1-4H3,(H,17,21). The molecule has 0 saturated carbocycles. The van der Waals surface area contributed by atoms with Gasteiger partial charge >= 0.3 is 12.1 Å². The molecule has 0 aromatic heterocycles. The van der Waals surface area contributed by atoms with Gasteiger partial charge < -0.3 is 19.7 Å². The van der Waals surface area contributed by atoms with Crippen LogP contribution in [0.3, 0.4) is 0 Å². The van der Waals surface area contributed by atoms with Gasteiger partial charge in [-0.1, -0.05) is 12.8 Å². The minimum Gasteiger partial charge on any atom is -0.451 e. The Labute approximate surface area is 137 Å². The van der Waals surface area contributed by atoms with Crippen LogP contribution in [0.4, 0.5) is 4.79 Å². The summed E-state index contributed by atoms with van der Waals surface area (Å²) in [7, 11) is 0. The van der Waals surface area contributed by atoms with Gasteiger partial charge in [0, 0.05) is 13.1 Å². The first-order chi connectivity index (χ1) is 10.7. The minimum absolute atomic E-state index is 0.183. The lowest BCUT2D eigenvalue weighted by Crippen LogP contribution is -2.42. The van der Waals surface area contributed by atoms with Gasteiger partial charge in [-0.05, 0) is 40.5 Å². The maximum Gasteiger partial charge on any atom is 0.408 e. The van der Waals surface area contributed by atoms with Crippen molar-refractivity contribution in [3.8, 4) is 0 Å². The highest BCUT2D eigenvalue weighted by Gasteiger charge is 2.25. The molecular weight excluding hydrogens is 300 g/mol. The second kappa shape index (κ2) is 8.74. The van der Waals surface area contributed by atoms with Crippen LogP contribution in [0.25, 0.3) is 0 Å². The van der Waals surface area contributed by atoms with Crippen LogP contribution in [-0.4, -0.2) is 54.2 Å². The molecule has 0 aromatic rings. The van der Waals surface area contributed by atoms with E-state index in [2.05, 4.69) is 5.32 Å². The van der Waals surface area contributed by atoms with Gasteiger partial charge in [0.15, 0.2) is 6.10 Å². The number of amides is 2. The van der Waals surface area contributed by atoms with Crippen molar-refractivity contribution < 1.29 is 23.9 Å². The van der Waals surface area contributed by atoms with Gasteiger partial charge in [-0.25, -0.2) is 4.79 Å². The maximum atomic E-state index is 12.2. The molecule has 132 valence electrons. The number of hydrogen-bond acceptors (Lipinski definition) is 5. The molecule has 0 radical (unpaired) electrons. The molecule has 1 N–H and O–H groups in total. The molecule has 1 fully saturated rings. The quantitative estimate of drug-likeness (QED) is 0.796. The summed E-state index contributed by atoms with van der Waals surface area (Å²) in [5.41, 5.74) is -0.635. The smallest absolute Gasteiger partial charge is 0.408 e. The second-order valence-corrected chi connectivity index (χ2v) is 6.73. The van der Waals surface area contributed by atoms with Gasteiger partial charge in [0.2, 0.25) is 0 Å². The molecule has 1 rings (SSSR count). The Hall–Kier alpha value is -1.79. The van der Waals surface area contributed by atoms with Crippen molar-refractivity contribution in [2.24, 2.45) is 0 Å². The van der Waals surface area contributed by atoms with Crippen LogP contribution in [0.5, 0.6) is 0 Å². The number of hydrogen-bond donors (Lipinski definition) is 1. The zero-order chi connectivity index (χ0) is 17.5. The van der Waals surface area contributed by atoms with E-state index in [1.54, 1.807) is 32.6 Å². The zero-order valence-electron chi connectivity index (χ0n) is 14.5. The van der Waals surface area contributed by atoms with E-state index in [4.69, 9.17) is 9.47 Å². The molecule has 1 atom stereocenters. The van der Waals surface area contributed by atoms with Gasteiger partial charge in [-0.15, -0.1) is 0 Å². The fourth-order valence-corrected chi connectivity index (χ4v) is 2.30. The van der Waals surface area contributed by atoms with Crippen molar-refractivity contribution in [1.29, 1.82) is 0 Å². The molecule has 2 amide bonds. The Kier molecular flexibility index (Phi) is 7.32. The molecule has 0 aliphatic carbocycles. The Bertz CT molecular complexity index is 423. The molecule has 7 heteroatoms. The van der Waals surface area contributed by atoms with Crippen LogP contribution in [0.15, 0.2) is 0 Å². The van der Waals surface area contributed by atoms with E-state index in [1.165, 1.54) is 0 Å². The molecular formula is C16H28N2O5. The van der Waals surface area contributed by atoms with Crippen molar-refractivity contribution in [1.82, 2.24) is 10.2 Å². The van der Waals surface area contributed by atoms with Crippen molar-refractivity contribution in [3.63, 3.8) is 0 Å². The molecule has 0 bridgehead atoms. The first kappa shape index (κ1) is 19.3. The number of likely N-dealkylation sites (tertiary alicyclic amines) is 1. The van der Waals surface area contributed by atoms with E-state index < -0.39 is 23.8 Å². The Morgan fingerprint density at radius 1 is 1.09 bits per heavy atom. The molecule has 1 heterocycles. The predicted octanol–water partition coefficient (Wildman–Crippen LogP) is 1.85. The van der Waals surface area contributed by atoms with Crippen LogP contribution in [0.1, 0.15) is 53.4 Å². The predicted molar refractivity (Wildman–Crippen MR) is 84.8 cm³/mol. The van der Waals surface area contributed by atoms with Gasteiger partial charge in [-0.3, -0.25) is 9.59 Å². The number of carbonyl (C=O) groups is 3. The van der Waals surface area contributed by atoms with Crippen LogP contribution in [0, 0.1) is 0 Å². The normalized spacial score (nSPS) is 17.0. The van der Waals surface area contributed by atoms with Crippen molar-refractivity contribution >= 4 is 18.0 Å². The summed E-state index contributed by atoms with van der Waals surface area (Å²) < 4.78 is 10.1. The summed E-state index contributed by atoms with van der Waals surface area (Å²) in [4.78, 5) is 37.2. The summed E-state index contributed by atoms with van der Waals surface area (Å²) >= 11 is 0. The van der Waals surface area contributed by atoms with Crippen molar-refractivity contribution in [2.45, 2.75) is 65.1 Å². The molecule has 23 heavy (non-hydrogen) atoms. The number of alkyl carbamates (subject to hydrolysis) is 1. The molecule has 1 unspecified atom stereocenters. The third-order valence-corrected chi connectivity index (χ3v) is 3.35. The number of nitrogens with one attached hydrogen (secondary N) is 1. The Morgan fingerprint density at radius 3 is 2.17 bits per heavy atom. The third kappa shape index (κ3) is 7.85. The molecule has 0 spiro atoms. The first-order valence-corrected chi connectivity index (χ1v) is 8.14. The largest absolute Gasteiger partial charge is 0.451 e. The average molecular weight is 328 g/mol. The highest BCUT2D eigenvalue weighted by molar-refractivity contribution is 5.85. The van der Waals surface area contributed by atoms with Crippen molar-refractivity contribution in [3.05, 3.63) is 0 Å². The van der Waals surface area contributed by atoms with E-state index in [0.29, 0.717) is 13.1 Å². The van der Waals surface area contributed by atoms with E-state index in [9.17, 15) is 14.4 Å². The van der Waals surface area contributed by atoms with Gasteiger partial charge in [0.1, 0.15) is 12.1 Å². The number of esters is 1. The number of ether oxygens (including phenoxy) is 2. The second-order valence-electron chi connectivity index (χ2n) is 6.73. The van der Waals surface area contributed by atoms with Gasteiger partial charge in [0.25, 0.3) is 5.91 Å². The average Bonchev–Trinajstić information content (AvgIpc) is 2.71. The minimum atomic E-state index is -0.846. The monoisotopic (exact) mass is 328 g/mol. The van der Waals surface area contributed by atoms with Crippen LogP contribution in [0.2, 0.25) is 0 Å². The summed E-state index contributed by atoms with van der Waals surface area (Å²) in [6, 6.07) is 0. The summed E-state index contributed by atoms with van der Waals surface area (Å²) in [5, 5.41) is 2.31. The summed E-state index contributed by atoms with van der Waals surface area (Å²) in [6.45, 7) is 7.82. The number of rotatable bonds is 4. The van der Waals surface area contributed by atoms with Crippen LogP contribution in [-0.2, 0) is 19.1 Å². The highest BCUT2D eigenvalue weighted by atomic mass is 16.6. The number of nitrogens with zero attached hydrogens (tertiary/aromatic N) is 1. The molecule has 1 aliphatic heterocycles. The lowest BCUT2D eigenvalue weighted by Gasteiger charge is -2.24. The SMILES string of the molecule is CC(OC(=O)CNC(=O)OC(C)(C)C)C(=O)N1CCCCCC1. The molecule has 1 saturated heterocycles. The fraction of sp³-hybridized carbons (Fsp3) is 0.812. The topological polar surface area (TPSA) is 84.9 Å². The lowest BCUT2D eigenvalue weighted by molar-refractivity contribution is -0.158. The Balaban J connectivity index is 2.35. The van der Waals surface area contributed by atoms with Gasteiger partial charge in [-0.2, -0.15) is 0 Å². The summed E-state index contributed by atoms with van der Waals surface area (Å²) in [6.07, 6.45) is 2.66. The fourth-order valence-electron chi connectivity index (χ4n) is 2.30. The molecule has 0 aromatic carbocycles. The Morgan fingerprint density at radius 2 is 1.65 bits per heavy atom. The van der Waals surface area contributed by atoms with E-state index in [-0.39, 0.29) is 12.5 Å². The number of carbonyl (C=O) groups excluding carboxylic acids is 3. The van der Waals surface area contributed by atoms with Gasteiger partial charge in [0.05, 0.1) is 0 Å². The zero-order valence-corrected chi connectivity index (χ0v) is 14.5. The van der Waals surface area contributed by atoms with Crippen LogP contribution < -0.4 is 5.32 Å². The first-order valence-electron chi connectivity index (χ1n) is 8.14. The molecule has 7 nitrogen and oxygen atoms in total. The highest BCUT2D eigenvalue weighted by Crippen LogP contribution is 2.11. The lowest BCUT2D eigenvalue weighted by atomic mass is 10.2. The summed E-state index contributed by atoms with van der Waals surface area (Å²) in [5.74, 6) is -0.843. The van der Waals surface area contributed by atoms with E-state index in [0.717, 1.165) is 25.7 Å². The van der Waals surface area contributed by atoms with E-state index in [1.807, 2.05) is 0 Å².